The molecule has 0 aliphatic heterocycles. The molecule has 0 saturated carbocycles. The molecule has 20 heavy (non-hydrogen) atoms. The van der Waals surface area contributed by atoms with Crippen LogP contribution in [0, 0.1) is 0 Å². The van der Waals surface area contributed by atoms with E-state index >= 15 is 0 Å². The van der Waals surface area contributed by atoms with E-state index in [9.17, 15) is 0 Å². The van der Waals surface area contributed by atoms with Gasteiger partial charge in [0.1, 0.15) is 0 Å². The number of nitrogens with zero attached hydrogens (tertiary/aromatic N) is 1. The van der Waals surface area contributed by atoms with Crippen molar-refractivity contribution in [3.05, 3.63) is 72.2 Å². The summed E-state index contributed by atoms with van der Waals surface area (Å²) in [5.41, 5.74) is 0. The standard InChI is InChI=1S/C9H6N.C8H6S.Ir/c1-2-4-9-7-10-6-5-8(9)3-1;1-2-4-8-7(3-1)5-6-9-8;/h1-6H;1-6H;. The van der Waals surface area contributed by atoms with Crippen LogP contribution in [0.15, 0.2) is 72.2 Å². The van der Waals surface area contributed by atoms with E-state index in [0.717, 1.165) is 4.21 Å². The van der Waals surface area contributed by atoms with E-state index in [-0.39, 0.29) is 0 Å². The van der Waals surface area contributed by atoms with Gasteiger partial charge in [-0.05, 0) is 22.9 Å². The van der Waals surface area contributed by atoms with Crippen molar-refractivity contribution in [2.45, 2.75) is 0 Å². The van der Waals surface area contributed by atoms with Gasteiger partial charge < -0.3 is 0 Å². The Balaban J connectivity index is 0.000000123. The van der Waals surface area contributed by atoms with Gasteiger partial charge in [0.25, 0.3) is 0 Å². The van der Waals surface area contributed by atoms with Crippen LogP contribution in [0.1, 0.15) is 0 Å². The molecule has 4 aromatic rings. The van der Waals surface area contributed by atoms with E-state index in [1.807, 2.05) is 43.3 Å². The number of hydrogen-bond acceptors (Lipinski definition) is 2. The van der Waals surface area contributed by atoms with Crippen LogP contribution in [0.25, 0.3) is 20.9 Å². The molecule has 0 N–H and O–H groups in total. The Morgan fingerprint density at radius 3 is 2.35 bits per heavy atom. The van der Waals surface area contributed by atoms with Crippen molar-refractivity contribution < 1.29 is 18.9 Å². The van der Waals surface area contributed by atoms with Crippen LogP contribution in [-0.4, -0.2) is 4.98 Å². The van der Waals surface area contributed by atoms with Crippen molar-refractivity contribution in [3.8, 4) is 0 Å². The second-order valence-electron chi connectivity index (χ2n) is 4.26. The number of hydrogen-bond donors (Lipinski definition) is 0. The van der Waals surface area contributed by atoms with Crippen LogP contribution in [0.2, 0.25) is 0 Å². The summed E-state index contributed by atoms with van der Waals surface area (Å²) < 4.78 is 2.47. The third-order valence-corrected chi connectivity index (χ3v) is 4.82. The third kappa shape index (κ3) is 2.96. The molecule has 0 saturated heterocycles. The van der Waals surface area contributed by atoms with Crippen LogP contribution < -0.4 is 4.21 Å². The first kappa shape index (κ1) is 13.4. The summed E-state index contributed by atoms with van der Waals surface area (Å²) in [4.78, 5) is 4.21. The van der Waals surface area contributed by atoms with Gasteiger partial charge in [0.2, 0.25) is 0 Å². The fraction of sp³-hybridized carbons (Fsp3) is 0. The van der Waals surface area contributed by atoms with E-state index in [1.165, 1.54) is 20.9 Å². The Morgan fingerprint density at radius 1 is 0.800 bits per heavy atom. The zero-order chi connectivity index (χ0) is 13.8. The Hall–Kier alpha value is -1.54. The Kier molecular flexibility index (Phi) is 4.22. The van der Waals surface area contributed by atoms with Gasteiger partial charge in [-0.25, -0.2) is 0 Å². The Labute approximate surface area is 132 Å². The summed E-state index contributed by atoms with van der Waals surface area (Å²) in [6.45, 7) is 0. The number of fused-ring (bicyclic) bond motifs is 2. The topological polar surface area (TPSA) is 12.9 Å². The maximum absolute atomic E-state index is 4.21. The minimum atomic E-state index is 1.10. The fourth-order valence-electron chi connectivity index (χ4n) is 1.98. The van der Waals surface area contributed by atoms with Gasteiger partial charge in [-0.2, -0.15) is 0 Å². The molecule has 0 spiro atoms. The minimum Gasteiger partial charge on any atom is -0.144 e. The molecule has 100 valence electrons. The number of aromatic nitrogens is 1. The maximum Gasteiger partial charge on any atom is 0.0342 e. The molecule has 0 bridgehead atoms. The van der Waals surface area contributed by atoms with Crippen LogP contribution >= 0.6 is 11.3 Å². The molecule has 0 unspecified atom stereocenters. The van der Waals surface area contributed by atoms with Crippen molar-refractivity contribution in [2.24, 2.45) is 0 Å². The van der Waals surface area contributed by atoms with E-state index in [2.05, 4.69) is 52.8 Å². The SMILES string of the molecule is [Ir][c]1nccc2ccccc12.c1ccc2sccc2c1. The molecule has 0 radical (unpaired) electrons. The summed E-state index contributed by atoms with van der Waals surface area (Å²) in [5, 5.41) is 5.97. The van der Waals surface area contributed by atoms with Gasteiger partial charge in [0.05, 0.1) is 0 Å². The first-order chi connectivity index (χ1) is 9.84. The molecule has 2 aromatic heterocycles. The average Bonchev–Trinajstić information content (AvgIpc) is 2.97. The molecule has 0 aliphatic carbocycles. The van der Waals surface area contributed by atoms with Crippen molar-refractivity contribution >= 4 is 36.4 Å². The van der Waals surface area contributed by atoms with Crippen LogP contribution in [0.3, 0.4) is 0 Å². The first-order valence-corrected chi connectivity index (χ1v) is 8.31. The first-order valence-electron chi connectivity index (χ1n) is 6.24. The zero-order valence-electron chi connectivity index (χ0n) is 10.6. The maximum atomic E-state index is 4.21. The van der Waals surface area contributed by atoms with Crippen molar-refractivity contribution in [1.82, 2.24) is 4.98 Å². The largest absolute Gasteiger partial charge is 0.144 e. The monoisotopic (exact) mass is 455 g/mol. The van der Waals surface area contributed by atoms with Crippen LogP contribution in [0.5, 0.6) is 0 Å². The molecule has 2 aromatic carbocycles. The minimum absolute atomic E-state index is 1.10. The normalized spacial score (nSPS) is 10.3. The zero-order valence-corrected chi connectivity index (χ0v) is 13.8. The average molecular weight is 455 g/mol. The summed E-state index contributed by atoms with van der Waals surface area (Å²) >= 11 is 3.82. The van der Waals surface area contributed by atoms with E-state index in [1.54, 1.807) is 11.3 Å². The molecule has 0 atom stereocenters. The summed E-state index contributed by atoms with van der Waals surface area (Å²) in [6.07, 6.45) is 1.84. The molecule has 1 nitrogen and oxygen atoms in total. The van der Waals surface area contributed by atoms with Gasteiger partial charge in [0, 0.05) is 4.70 Å². The van der Waals surface area contributed by atoms with Crippen LogP contribution in [-0.2, 0) is 18.9 Å². The van der Waals surface area contributed by atoms with Gasteiger partial charge in [-0.1, -0.05) is 18.2 Å². The molecular formula is C17H12IrNS. The fourth-order valence-corrected chi connectivity index (χ4v) is 3.49. The van der Waals surface area contributed by atoms with Gasteiger partial charge >= 0.3 is 75.4 Å². The van der Waals surface area contributed by atoms with E-state index in [4.69, 9.17) is 0 Å². The van der Waals surface area contributed by atoms with Crippen LogP contribution in [0.4, 0.5) is 0 Å². The Morgan fingerprint density at radius 2 is 1.55 bits per heavy atom. The Bertz CT molecular complexity index is 803. The van der Waals surface area contributed by atoms with Crippen molar-refractivity contribution in [2.75, 3.05) is 0 Å². The van der Waals surface area contributed by atoms with Crippen molar-refractivity contribution in [1.29, 1.82) is 0 Å². The molecular weight excluding hydrogens is 442 g/mol. The number of benzene rings is 2. The van der Waals surface area contributed by atoms with Gasteiger partial charge in [-0.3, -0.25) is 0 Å². The molecule has 0 amide bonds. The second kappa shape index (κ2) is 6.27. The molecule has 4 rings (SSSR count). The number of pyridine rings is 1. The second-order valence-corrected chi connectivity index (χ2v) is 6.34. The molecule has 0 fully saturated rings. The number of thiophene rings is 1. The van der Waals surface area contributed by atoms with Crippen molar-refractivity contribution in [3.63, 3.8) is 0 Å². The molecule has 0 aliphatic rings. The molecule has 3 heteroatoms. The molecule has 2 heterocycles. The number of rotatable bonds is 0. The smallest absolute Gasteiger partial charge is 0.0342 e. The predicted molar refractivity (Wildman–Crippen MR) is 83.2 cm³/mol. The predicted octanol–water partition coefficient (Wildman–Crippen LogP) is 4.31. The van der Waals surface area contributed by atoms with Gasteiger partial charge in [0.15, 0.2) is 0 Å². The summed E-state index contributed by atoms with van der Waals surface area (Å²) in [7, 11) is 0. The van der Waals surface area contributed by atoms with Gasteiger partial charge in [-0.15, -0.1) is 11.3 Å². The van der Waals surface area contributed by atoms with E-state index < -0.39 is 0 Å². The summed E-state index contributed by atoms with van der Waals surface area (Å²) in [5.74, 6) is 0. The third-order valence-electron chi connectivity index (χ3n) is 2.97. The van der Waals surface area contributed by atoms with E-state index in [0.29, 0.717) is 0 Å². The summed E-state index contributed by atoms with van der Waals surface area (Å²) in [6, 6.07) is 20.8. The quantitative estimate of drug-likeness (QED) is 0.386.